The molecular formula is C11H14BrNO3S. The molecule has 1 fully saturated rings. The number of rotatable bonds is 2. The summed E-state index contributed by atoms with van der Waals surface area (Å²) in [5.41, 5.74) is 1.05. The summed E-state index contributed by atoms with van der Waals surface area (Å²) in [4.78, 5) is 4.15. The standard InChI is InChI=1S/C11H14BrNO3S/c1-8-6-11(13-7-10(8)12)16-9-2-4-17(14,15)5-3-9/h6-7,9H,2-5H2,1H3. The average molecular weight is 320 g/mol. The molecule has 0 aliphatic carbocycles. The first-order valence-corrected chi connectivity index (χ1v) is 8.07. The van der Waals surface area contributed by atoms with Crippen LogP contribution in [-0.4, -0.2) is 31.0 Å². The highest BCUT2D eigenvalue weighted by Gasteiger charge is 2.25. The van der Waals surface area contributed by atoms with E-state index in [1.54, 1.807) is 6.20 Å². The lowest BCUT2D eigenvalue weighted by molar-refractivity contribution is 0.182. The van der Waals surface area contributed by atoms with Crippen LogP contribution in [0, 0.1) is 6.92 Å². The monoisotopic (exact) mass is 319 g/mol. The number of hydrogen-bond donors (Lipinski definition) is 0. The van der Waals surface area contributed by atoms with Gasteiger partial charge in [-0.05, 0) is 41.3 Å². The second-order valence-electron chi connectivity index (χ2n) is 4.24. The fraction of sp³-hybridized carbons (Fsp3) is 0.545. The van der Waals surface area contributed by atoms with E-state index in [1.807, 2.05) is 13.0 Å². The molecule has 0 radical (unpaired) electrons. The SMILES string of the molecule is Cc1cc(OC2CCS(=O)(=O)CC2)ncc1Br. The first-order valence-electron chi connectivity index (χ1n) is 5.45. The quantitative estimate of drug-likeness (QED) is 0.837. The van der Waals surface area contributed by atoms with E-state index in [1.165, 1.54) is 0 Å². The van der Waals surface area contributed by atoms with Gasteiger partial charge in [0.2, 0.25) is 5.88 Å². The number of aryl methyl sites for hydroxylation is 1. The average Bonchev–Trinajstić information content (AvgIpc) is 2.27. The minimum absolute atomic E-state index is 0.0356. The Bertz CT molecular complexity index is 501. The number of hydrogen-bond acceptors (Lipinski definition) is 4. The molecule has 6 heteroatoms. The van der Waals surface area contributed by atoms with E-state index in [2.05, 4.69) is 20.9 Å². The molecule has 0 bridgehead atoms. The van der Waals surface area contributed by atoms with Crippen LogP contribution in [0.3, 0.4) is 0 Å². The van der Waals surface area contributed by atoms with E-state index >= 15 is 0 Å². The van der Waals surface area contributed by atoms with Gasteiger partial charge in [-0.25, -0.2) is 13.4 Å². The molecule has 0 aromatic carbocycles. The summed E-state index contributed by atoms with van der Waals surface area (Å²) in [7, 11) is -2.83. The van der Waals surface area contributed by atoms with Crippen molar-refractivity contribution in [3.63, 3.8) is 0 Å². The van der Waals surface area contributed by atoms with Crippen LogP contribution >= 0.6 is 15.9 Å². The largest absolute Gasteiger partial charge is 0.474 e. The molecule has 2 rings (SSSR count). The van der Waals surface area contributed by atoms with Gasteiger partial charge < -0.3 is 4.74 Å². The van der Waals surface area contributed by atoms with Crippen molar-refractivity contribution in [1.29, 1.82) is 0 Å². The van der Waals surface area contributed by atoms with Gasteiger partial charge in [-0.2, -0.15) is 0 Å². The Kier molecular flexibility index (Phi) is 3.73. The van der Waals surface area contributed by atoms with Gasteiger partial charge in [0.25, 0.3) is 0 Å². The Balaban J connectivity index is 2.00. The Hall–Kier alpha value is -0.620. The molecule has 0 amide bonds. The summed E-state index contributed by atoms with van der Waals surface area (Å²) in [5, 5.41) is 0. The topological polar surface area (TPSA) is 56.3 Å². The van der Waals surface area contributed by atoms with Gasteiger partial charge in [-0.3, -0.25) is 0 Å². The lowest BCUT2D eigenvalue weighted by Gasteiger charge is -2.22. The summed E-state index contributed by atoms with van der Waals surface area (Å²) in [6, 6.07) is 1.85. The molecule has 2 heterocycles. The number of pyridine rings is 1. The number of nitrogens with zero attached hydrogens (tertiary/aromatic N) is 1. The van der Waals surface area contributed by atoms with E-state index in [0.717, 1.165) is 10.0 Å². The summed E-state index contributed by atoms with van der Waals surface area (Å²) >= 11 is 3.37. The molecule has 0 atom stereocenters. The van der Waals surface area contributed by atoms with E-state index < -0.39 is 9.84 Å². The summed E-state index contributed by atoms with van der Waals surface area (Å²) in [5.74, 6) is 0.996. The zero-order chi connectivity index (χ0) is 12.5. The molecule has 1 aromatic rings. The summed E-state index contributed by atoms with van der Waals surface area (Å²) in [6.45, 7) is 1.96. The van der Waals surface area contributed by atoms with Crippen LogP contribution in [-0.2, 0) is 9.84 Å². The van der Waals surface area contributed by atoms with Crippen molar-refractivity contribution in [3.05, 3.63) is 22.3 Å². The highest BCUT2D eigenvalue weighted by Crippen LogP contribution is 2.22. The van der Waals surface area contributed by atoms with Crippen LogP contribution in [0.15, 0.2) is 16.7 Å². The molecule has 1 saturated heterocycles. The van der Waals surface area contributed by atoms with Gasteiger partial charge in [0.1, 0.15) is 6.10 Å². The van der Waals surface area contributed by atoms with Crippen LogP contribution in [0.25, 0.3) is 0 Å². The van der Waals surface area contributed by atoms with Crippen LogP contribution in [0.1, 0.15) is 18.4 Å². The highest BCUT2D eigenvalue weighted by atomic mass is 79.9. The van der Waals surface area contributed by atoms with E-state index in [-0.39, 0.29) is 17.6 Å². The first-order chi connectivity index (χ1) is 7.96. The minimum atomic E-state index is -2.83. The van der Waals surface area contributed by atoms with Crippen molar-refractivity contribution in [2.45, 2.75) is 25.9 Å². The molecule has 0 spiro atoms. The summed E-state index contributed by atoms with van der Waals surface area (Å²) < 4.78 is 29.2. The Morgan fingerprint density at radius 3 is 2.65 bits per heavy atom. The van der Waals surface area contributed by atoms with E-state index in [4.69, 9.17) is 4.74 Å². The minimum Gasteiger partial charge on any atom is -0.474 e. The lowest BCUT2D eigenvalue weighted by atomic mass is 10.2. The zero-order valence-corrected chi connectivity index (χ0v) is 11.9. The second kappa shape index (κ2) is 4.94. The van der Waals surface area contributed by atoms with Gasteiger partial charge in [0, 0.05) is 16.7 Å². The first kappa shape index (κ1) is 12.8. The third kappa shape index (κ3) is 3.42. The third-order valence-corrected chi connectivity index (χ3v) is 5.36. The molecule has 0 N–H and O–H groups in total. The molecule has 1 aromatic heterocycles. The fourth-order valence-corrected chi connectivity index (χ4v) is 3.40. The molecule has 4 nitrogen and oxygen atoms in total. The fourth-order valence-electron chi connectivity index (χ4n) is 1.74. The zero-order valence-electron chi connectivity index (χ0n) is 9.52. The van der Waals surface area contributed by atoms with Crippen molar-refractivity contribution >= 4 is 25.8 Å². The molecular weight excluding hydrogens is 306 g/mol. The maximum Gasteiger partial charge on any atom is 0.213 e. The molecule has 1 aliphatic rings. The van der Waals surface area contributed by atoms with Crippen molar-refractivity contribution < 1.29 is 13.2 Å². The number of aromatic nitrogens is 1. The van der Waals surface area contributed by atoms with E-state index in [0.29, 0.717) is 18.7 Å². The smallest absolute Gasteiger partial charge is 0.213 e. The summed E-state index contributed by atoms with van der Waals surface area (Å²) in [6.07, 6.45) is 2.77. The second-order valence-corrected chi connectivity index (χ2v) is 7.40. The Morgan fingerprint density at radius 2 is 2.06 bits per heavy atom. The van der Waals surface area contributed by atoms with Gasteiger partial charge in [-0.1, -0.05) is 0 Å². The van der Waals surface area contributed by atoms with Crippen molar-refractivity contribution in [2.24, 2.45) is 0 Å². The van der Waals surface area contributed by atoms with Crippen molar-refractivity contribution in [1.82, 2.24) is 4.98 Å². The van der Waals surface area contributed by atoms with Crippen LogP contribution in [0.5, 0.6) is 5.88 Å². The van der Waals surface area contributed by atoms with Gasteiger partial charge >= 0.3 is 0 Å². The Labute approximate surface area is 109 Å². The normalized spacial score (nSPS) is 20.1. The van der Waals surface area contributed by atoms with Gasteiger partial charge in [-0.15, -0.1) is 0 Å². The van der Waals surface area contributed by atoms with Crippen LogP contribution < -0.4 is 4.74 Å². The van der Waals surface area contributed by atoms with Gasteiger partial charge in [0.05, 0.1) is 11.5 Å². The van der Waals surface area contributed by atoms with Gasteiger partial charge in [0.15, 0.2) is 9.84 Å². The number of sulfone groups is 1. The lowest BCUT2D eigenvalue weighted by Crippen LogP contribution is -2.30. The van der Waals surface area contributed by atoms with Crippen LogP contribution in [0.2, 0.25) is 0 Å². The van der Waals surface area contributed by atoms with Crippen LogP contribution in [0.4, 0.5) is 0 Å². The molecule has 0 saturated carbocycles. The Morgan fingerprint density at radius 1 is 1.41 bits per heavy atom. The van der Waals surface area contributed by atoms with Crippen molar-refractivity contribution in [3.8, 4) is 5.88 Å². The maximum absolute atomic E-state index is 11.3. The number of halogens is 1. The molecule has 94 valence electrons. The highest BCUT2D eigenvalue weighted by molar-refractivity contribution is 9.10. The molecule has 1 aliphatic heterocycles. The molecule has 17 heavy (non-hydrogen) atoms. The predicted octanol–water partition coefficient (Wildman–Crippen LogP) is 2.11. The molecule has 0 unspecified atom stereocenters. The number of ether oxygens (including phenoxy) is 1. The third-order valence-electron chi connectivity index (χ3n) is 2.81. The maximum atomic E-state index is 11.3. The predicted molar refractivity (Wildman–Crippen MR) is 69.0 cm³/mol. The van der Waals surface area contributed by atoms with Crippen molar-refractivity contribution in [2.75, 3.05) is 11.5 Å². The van der Waals surface area contributed by atoms with E-state index in [9.17, 15) is 8.42 Å².